The van der Waals surface area contributed by atoms with E-state index in [1.807, 2.05) is 32.2 Å². The fourth-order valence-corrected chi connectivity index (χ4v) is 3.38. The molecule has 9 heteroatoms. The van der Waals surface area contributed by atoms with Crippen molar-refractivity contribution in [3.63, 3.8) is 0 Å². The number of nitrogens with zero attached hydrogens (tertiary/aromatic N) is 5. The fourth-order valence-electron chi connectivity index (χ4n) is 3.04. The molecule has 0 saturated carbocycles. The lowest BCUT2D eigenvalue weighted by atomic mass is 10.1. The van der Waals surface area contributed by atoms with Crippen molar-refractivity contribution >= 4 is 29.4 Å². The number of esters is 1. The zero-order valence-corrected chi connectivity index (χ0v) is 17.9. The molecule has 0 aliphatic rings. The predicted molar refractivity (Wildman–Crippen MR) is 110 cm³/mol. The quantitative estimate of drug-likeness (QED) is 0.453. The molecule has 29 heavy (non-hydrogen) atoms. The van der Waals surface area contributed by atoms with Gasteiger partial charge in [0, 0.05) is 30.5 Å². The van der Waals surface area contributed by atoms with Gasteiger partial charge in [0.25, 0.3) is 5.78 Å². The van der Waals surface area contributed by atoms with Crippen molar-refractivity contribution in [2.45, 2.75) is 32.0 Å². The van der Waals surface area contributed by atoms with Crippen LogP contribution in [0.4, 0.5) is 0 Å². The van der Waals surface area contributed by atoms with Crippen molar-refractivity contribution in [2.24, 2.45) is 0 Å². The summed E-state index contributed by atoms with van der Waals surface area (Å²) < 4.78 is 6.39. The molecule has 0 fully saturated rings. The number of aromatic nitrogens is 4. The van der Waals surface area contributed by atoms with Crippen LogP contribution in [0.3, 0.4) is 0 Å². The van der Waals surface area contributed by atoms with E-state index in [0.717, 1.165) is 22.5 Å². The Morgan fingerprint density at radius 2 is 1.86 bits per heavy atom. The molecule has 0 atom stereocenters. The Morgan fingerprint density at radius 1 is 1.17 bits per heavy atom. The summed E-state index contributed by atoms with van der Waals surface area (Å²) >= 11 is 1.45. The molecule has 2 heterocycles. The maximum absolute atomic E-state index is 12.8. The third-order valence-corrected chi connectivity index (χ3v) is 5.30. The number of hydrogen-bond donors (Lipinski definition) is 0. The van der Waals surface area contributed by atoms with Crippen LogP contribution in [0.5, 0.6) is 0 Å². The normalized spacial score (nSPS) is 10.9. The summed E-state index contributed by atoms with van der Waals surface area (Å²) in [6.07, 6.45) is 2.14. The van der Waals surface area contributed by atoms with Gasteiger partial charge in [-0.15, -0.1) is 5.10 Å². The summed E-state index contributed by atoms with van der Waals surface area (Å²) in [4.78, 5) is 34.9. The summed E-state index contributed by atoms with van der Waals surface area (Å²) in [6.45, 7) is 4.25. The molecule has 8 nitrogen and oxygen atoms in total. The number of hydrogen-bond acceptors (Lipinski definition) is 7. The van der Waals surface area contributed by atoms with Crippen LogP contribution in [0.15, 0.2) is 29.4 Å². The average molecular weight is 414 g/mol. The van der Waals surface area contributed by atoms with E-state index in [1.54, 1.807) is 28.6 Å². The number of carbonyl (C=O) groups is 2. The Labute approximate surface area is 173 Å². The highest BCUT2D eigenvalue weighted by Gasteiger charge is 2.18. The summed E-state index contributed by atoms with van der Waals surface area (Å²) in [5.41, 5.74) is 3.90. The highest BCUT2D eigenvalue weighted by atomic mass is 32.2. The second-order valence-corrected chi connectivity index (χ2v) is 7.46. The van der Waals surface area contributed by atoms with Gasteiger partial charge >= 0.3 is 5.97 Å². The number of benzene rings is 1. The van der Waals surface area contributed by atoms with Gasteiger partial charge in [0.2, 0.25) is 11.1 Å². The van der Waals surface area contributed by atoms with E-state index < -0.39 is 0 Å². The van der Waals surface area contributed by atoms with Gasteiger partial charge in [-0.25, -0.2) is 14.3 Å². The van der Waals surface area contributed by atoms with Crippen molar-refractivity contribution in [1.82, 2.24) is 24.5 Å². The summed E-state index contributed by atoms with van der Waals surface area (Å²) in [7, 11) is 3.11. The van der Waals surface area contributed by atoms with Crippen LogP contribution in [-0.4, -0.2) is 56.8 Å². The number of amides is 1. The topological polar surface area (TPSA) is 89.7 Å². The van der Waals surface area contributed by atoms with Crippen LogP contribution in [0.25, 0.3) is 5.78 Å². The Kier molecular flexibility index (Phi) is 6.17. The minimum Gasteiger partial charge on any atom is -0.465 e. The number of rotatable bonds is 6. The molecule has 0 N–H and O–H groups in total. The van der Waals surface area contributed by atoms with Gasteiger partial charge < -0.3 is 9.64 Å². The minimum absolute atomic E-state index is 0.0281. The molecule has 0 radical (unpaired) electrons. The van der Waals surface area contributed by atoms with E-state index in [9.17, 15) is 9.59 Å². The summed E-state index contributed by atoms with van der Waals surface area (Å²) in [5, 5.41) is 5.07. The Morgan fingerprint density at radius 3 is 2.48 bits per heavy atom. The number of likely N-dealkylation sites (N-methyl/N-ethyl adjacent to an activating group) is 1. The van der Waals surface area contributed by atoms with Crippen LogP contribution >= 0.6 is 11.8 Å². The maximum Gasteiger partial charge on any atom is 0.337 e. The Bertz CT molecular complexity index is 1060. The number of ether oxygens (including phenoxy) is 1. The number of fused-ring (bicyclic) bond motifs is 1. The lowest BCUT2D eigenvalue weighted by Gasteiger charge is -2.19. The first-order valence-electron chi connectivity index (χ1n) is 9.02. The molecule has 152 valence electrons. The molecule has 1 aromatic carbocycles. The number of thioether (sulfide) groups is 1. The average Bonchev–Trinajstić information content (AvgIpc) is 3.14. The first-order valence-corrected chi connectivity index (χ1v) is 10.2. The Balaban J connectivity index is 1.74. The minimum atomic E-state index is -0.382. The van der Waals surface area contributed by atoms with Crippen molar-refractivity contribution in [2.75, 3.05) is 20.4 Å². The lowest BCUT2D eigenvalue weighted by molar-refractivity contribution is -0.129. The van der Waals surface area contributed by atoms with Gasteiger partial charge in [-0.05, 0) is 37.8 Å². The van der Waals surface area contributed by atoms with Gasteiger partial charge in [0.1, 0.15) is 0 Å². The van der Waals surface area contributed by atoms with Crippen LogP contribution in [0.2, 0.25) is 0 Å². The van der Waals surface area contributed by atoms with Gasteiger partial charge in [-0.1, -0.05) is 23.9 Å². The van der Waals surface area contributed by atoms with Crippen molar-refractivity contribution in [3.05, 3.63) is 52.3 Å². The SMILES string of the molecule is COC(=O)c1ccc(CN(C)C(=O)Cc2c(C)nc3nc(SC)nn3c2C)cc1. The van der Waals surface area contributed by atoms with E-state index in [-0.39, 0.29) is 18.3 Å². The lowest BCUT2D eigenvalue weighted by Crippen LogP contribution is -2.28. The molecular weight excluding hydrogens is 390 g/mol. The number of aryl methyl sites for hydroxylation is 2. The van der Waals surface area contributed by atoms with Crippen LogP contribution in [-0.2, 0) is 22.5 Å². The highest BCUT2D eigenvalue weighted by molar-refractivity contribution is 7.98. The third kappa shape index (κ3) is 4.40. The van der Waals surface area contributed by atoms with Gasteiger partial charge in [0.15, 0.2) is 0 Å². The van der Waals surface area contributed by atoms with E-state index in [2.05, 4.69) is 15.1 Å². The maximum atomic E-state index is 12.8. The standard InChI is InChI=1S/C20H23N5O3S/c1-12-16(13(2)25-19(21-12)22-20(23-25)29-5)10-17(26)24(3)11-14-6-8-15(9-7-14)18(27)28-4/h6-9H,10-11H2,1-5H3. The number of carbonyl (C=O) groups excluding carboxylic acids is 2. The zero-order valence-electron chi connectivity index (χ0n) is 17.1. The molecule has 0 unspecified atom stereocenters. The number of methoxy groups -OCH3 is 1. The molecule has 3 rings (SSSR count). The molecule has 0 saturated heterocycles. The smallest absolute Gasteiger partial charge is 0.337 e. The van der Waals surface area contributed by atoms with Crippen LogP contribution < -0.4 is 0 Å². The van der Waals surface area contributed by atoms with E-state index in [0.29, 0.717) is 23.0 Å². The monoisotopic (exact) mass is 413 g/mol. The molecule has 0 aliphatic carbocycles. The molecule has 0 spiro atoms. The molecular formula is C20H23N5O3S. The van der Waals surface area contributed by atoms with Crippen molar-refractivity contribution < 1.29 is 14.3 Å². The van der Waals surface area contributed by atoms with E-state index in [4.69, 9.17) is 4.74 Å². The summed E-state index contributed by atoms with van der Waals surface area (Å²) in [5.74, 6) is 0.131. The van der Waals surface area contributed by atoms with Crippen LogP contribution in [0, 0.1) is 13.8 Å². The molecule has 2 aromatic heterocycles. The second-order valence-electron chi connectivity index (χ2n) is 6.69. The molecule has 3 aromatic rings. The predicted octanol–water partition coefficient (Wildman–Crippen LogP) is 2.45. The molecule has 0 bridgehead atoms. The van der Waals surface area contributed by atoms with E-state index in [1.165, 1.54) is 18.9 Å². The molecule has 1 amide bonds. The van der Waals surface area contributed by atoms with E-state index >= 15 is 0 Å². The fraction of sp³-hybridized carbons (Fsp3) is 0.350. The largest absolute Gasteiger partial charge is 0.465 e. The third-order valence-electron chi connectivity index (χ3n) is 4.76. The molecule has 0 aliphatic heterocycles. The zero-order chi connectivity index (χ0) is 21.1. The van der Waals surface area contributed by atoms with Crippen molar-refractivity contribution in [1.29, 1.82) is 0 Å². The van der Waals surface area contributed by atoms with Crippen LogP contribution in [0.1, 0.15) is 32.9 Å². The van der Waals surface area contributed by atoms with Gasteiger partial charge in [-0.2, -0.15) is 4.98 Å². The Hall–Kier alpha value is -2.94. The van der Waals surface area contributed by atoms with Gasteiger partial charge in [-0.3, -0.25) is 4.79 Å². The second kappa shape index (κ2) is 8.60. The summed E-state index contributed by atoms with van der Waals surface area (Å²) in [6, 6.07) is 7.03. The van der Waals surface area contributed by atoms with Crippen molar-refractivity contribution in [3.8, 4) is 0 Å². The van der Waals surface area contributed by atoms with Gasteiger partial charge in [0.05, 0.1) is 19.1 Å². The first kappa shape index (κ1) is 20.8. The highest BCUT2D eigenvalue weighted by Crippen LogP contribution is 2.18. The first-order chi connectivity index (χ1) is 13.8.